The third kappa shape index (κ3) is 3.16. The molecule has 0 bridgehead atoms. The zero-order valence-corrected chi connectivity index (χ0v) is 19.9. The quantitative estimate of drug-likeness (QED) is 0.260. The van der Waals surface area contributed by atoms with Crippen molar-refractivity contribution in [3.63, 3.8) is 0 Å². The largest absolute Gasteiger partial charge is 0.236 e. The van der Waals surface area contributed by atoms with Crippen molar-refractivity contribution in [2.45, 2.75) is 38.0 Å². The van der Waals surface area contributed by atoms with Crippen LogP contribution in [0.3, 0.4) is 0 Å². The number of hydrogen-bond donors (Lipinski definition) is 0. The zero-order valence-electron chi connectivity index (χ0n) is 17.4. The predicted octanol–water partition coefficient (Wildman–Crippen LogP) is 8.57. The molecule has 5 rings (SSSR count). The van der Waals surface area contributed by atoms with Crippen LogP contribution in [0, 0.1) is 6.92 Å². The summed E-state index contributed by atoms with van der Waals surface area (Å²) in [5.41, 5.74) is 4.83. The van der Waals surface area contributed by atoms with Gasteiger partial charge in [0.25, 0.3) is 0 Å². The monoisotopic (exact) mass is 446 g/mol. The lowest BCUT2D eigenvalue weighted by Gasteiger charge is -2.23. The molecule has 30 heavy (non-hydrogen) atoms. The second-order valence-corrected chi connectivity index (χ2v) is 11.5. The summed E-state index contributed by atoms with van der Waals surface area (Å²) < 4.78 is 2.61. The van der Waals surface area contributed by atoms with E-state index < -0.39 is 0 Å². The zero-order chi connectivity index (χ0) is 21.0. The first kappa shape index (κ1) is 19.7. The number of rotatable bonds is 3. The molecule has 5 heteroatoms. The molecule has 2 aromatic carbocycles. The van der Waals surface area contributed by atoms with Crippen molar-refractivity contribution in [1.29, 1.82) is 0 Å². The first-order valence-electron chi connectivity index (χ1n) is 9.84. The fourth-order valence-corrected chi connectivity index (χ4v) is 6.85. The number of thioether (sulfide) groups is 1. The van der Waals surface area contributed by atoms with Gasteiger partial charge in [0.05, 0.1) is 5.69 Å². The molecule has 3 aromatic heterocycles. The molecule has 0 spiro atoms. The summed E-state index contributed by atoms with van der Waals surface area (Å²) in [4.78, 5) is 11.7. The maximum absolute atomic E-state index is 4.76. The lowest BCUT2D eigenvalue weighted by Crippen LogP contribution is -2.12. The molecule has 0 aliphatic rings. The number of hydrogen-bond acceptors (Lipinski definition) is 5. The number of benzene rings is 2. The molecule has 0 radical (unpaired) electrons. The topological polar surface area (TPSA) is 25.8 Å². The van der Waals surface area contributed by atoms with E-state index in [1.165, 1.54) is 36.2 Å². The number of aryl methyl sites for hydroxylation is 1. The molecule has 0 atom stereocenters. The first-order chi connectivity index (χ1) is 14.4. The van der Waals surface area contributed by atoms with Gasteiger partial charge in [-0.05, 0) is 63.9 Å². The Labute approximate surface area is 188 Å². The minimum Gasteiger partial charge on any atom is -0.236 e. The summed E-state index contributed by atoms with van der Waals surface area (Å²) >= 11 is 5.24. The van der Waals surface area contributed by atoms with Crippen LogP contribution in [0.25, 0.3) is 41.6 Å². The summed E-state index contributed by atoms with van der Waals surface area (Å²) in [6.07, 6.45) is 1.70. The van der Waals surface area contributed by atoms with Crippen molar-refractivity contribution < 1.29 is 0 Å². The minimum absolute atomic E-state index is 0.0319. The van der Waals surface area contributed by atoms with Crippen molar-refractivity contribution in [3.8, 4) is 11.3 Å². The van der Waals surface area contributed by atoms with Crippen LogP contribution in [0.2, 0.25) is 0 Å². The van der Waals surface area contributed by atoms with Gasteiger partial charge in [-0.3, -0.25) is 0 Å². The van der Waals surface area contributed by atoms with E-state index in [1.807, 2.05) is 16.7 Å². The lowest BCUT2D eigenvalue weighted by atomic mass is 9.85. The van der Waals surface area contributed by atoms with Gasteiger partial charge in [-0.15, -0.1) is 22.7 Å². The van der Waals surface area contributed by atoms with E-state index in [1.54, 1.807) is 29.4 Å². The van der Waals surface area contributed by atoms with Crippen LogP contribution in [0.4, 0.5) is 0 Å². The lowest BCUT2D eigenvalue weighted by molar-refractivity contribution is 0.578. The Morgan fingerprint density at radius 3 is 2.63 bits per heavy atom. The van der Waals surface area contributed by atoms with E-state index in [0.29, 0.717) is 0 Å². The molecule has 0 amide bonds. The van der Waals surface area contributed by atoms with Crippen molar-refractivity contribution in [2.24, 2.45) is 0 Å². The SMILES string of the molecule is C=CSc1ccc(-c2ncnc3sc4cc5scc(C)c5cc4c23)cc1C(C)(C)C. The van der Waals surface area contributed by atoms with Crippen LogP contribution in [0.5, 0.6) is 0 Å². The molecule has 150 valence electrons. The van der Waals surface area contributed by atoms with Crippen molar-refractivity contribution in [1.82, 2.24) is 9.97 Å². The molecule has 0 saturated carbocycles. The van der Waals surface area contributed by atoms with E-state index in [4.69, 9.17) is 4.98 Å². The number of aromatic nitrogens is 2. The predicted molar refractivity (Wildman–Crippen MR) is 135 cm³/mol. The van der Waals surface area contributed by atoms with Gasteiger partial charge in [0.2, 0.25) is 0 Å². The molecular formula is C25H22N2S3. The fraction of sp³-hybridized carbons (Fsp3) is 0.200. The van der Waals surface area contributed by atoms with Gasteiger partial charge in [0.1, 0.15) is 11.2 Å². The highest BCUT2D eigenvalue weighted by Gasteiger charge is 2.21. The average Bonchev–Trinajstić information content (AvgIpc) is 3.26. The summed E-state index contributed by atoms with van der Waals surface area (Å²) in [5, 5.41) is 7.87. The minimum atomic E-state index is 0.0319. The van der Waals surface area contributed by atoms with Gasteiger partial charge in [0, 0.05) is 30.6 Å². The van der Waals surface area contributed by atoms with E-state index >= 15 is 0 Å². The van der Waals surface area contributed by atoms with Crippen LogP contribution in [-0.2, 0) is 5.41 Å². The van der Waals surface area contributed by atoms with Crippen molar-refractivity contribution in [2.75, 3.05) is 0 Å². The van der Waals surface area contributed by atoms with E-state index in [9.17, 15) is 0 Å². The molecule has 2 nitrogen and oxygen atoms in total. The Bertz CT molecular complexity index is 1430. The summed E-state index contributed by atoms with van der Waals surface area (Å²) in [6.45, 7) is 12.8. The van der Waals surface area contributed by atoms with Crippen LogP contribution in [-0.4, -0.2) is 9.97 Å². The highest BCUT2D eigenvalue weighted by atomic mass is 32.2. The number of nitrogens with zero attached hydrogens (tertiary/aromatic N) is 2. The molecule has 3 heterocycles. The molecule has 0 unspecified atom stereocenters. The Balaban J connectivity index is 1.81. The number of thiophene rings is 2. The molecule has 0 N–H and O–H groups in total. The van der Waals surface area contributed by atoms with Gasteiger partial charge in [0.15, 0.2) is 0 Å². The van der Waals surface area contributed by atoms with E-state index in [-0.39, 0.29) is 5.41 Å². The molecule has 0 saturated heterocycles. The summed E-state index contributed by atoms with van der Waals surface area (Å²) in [7, 11) is 0. The maximum Gasteiger partial charge on any atom is 0.128 e. The van der Waals surface area contributed by atoms with Gasteiger partial charge in [-0.25, -0.2) is 9.97 Å². The third-order valence-corrected chi connectivity index (χ3v) is 8.33. The fourth-order valence-electron chi connectivity index (χ4n) is 3.93. The van der Waals surface area contributed by atoms with Crippen LogP contribution >= 0.6 is 34.4 Å². The van der Waals surface area contributed by atoms with E-state index in [2.05, 4.69) is 75.0 Å². The second kappa shape index (κ2) is 7.19. The van der Waals surface area contributed by atoms with Gasteiger partial charge >= 0.3 is 0 Å². The van der Waals surface area contributed by atoms with E-state index in [0.717, 1.165) is 21.5 Å². The average molecular weight is 447 g/mol. The normalized spacial score (nSPS) is 12.3. The Morgan fingerprint density at radius 2 is 1.87 bits per heavy atom. The Hall–Kier alpha value is -2.21. The molecule has 5 aromatic rings. The van der Waals surface area contributed by atoms with Gasteiger partial charge < -0.3 is 0 Å². The van der Waals surface area contributed by atoms with Gasteiger partial charge in [-0.1, -0.05) is 45.2 Å². The Kier molecular flexibility index (Phi) is 4.73. The summed E-state index contributed by atoms with van der Waals surface area (Å²) in [5.74, 6) is 0. The maximum atomic E-state index is 4.76. The van der Waals surface area contributed by atoms with Crippen LogP contribution in [0.1, 0.15) is 31.9 Å². The van der Waals surface area contributed by atoms with Crippen molar-refractivity contribution in [3.05, 3.63) is 65.2 Å². The number of fused-ring (bicyclic) bond motifs is 4. The molecule has 0 aliphatic heterocycles. The van der Waals surface area contributed by atoms with Crippen molar-refractivity contribution >= 4 is 64.8 Å². The Morgan fingerprint density at radius 1 is 1.03 bits per heavy atom. The standard InChI is InChI=1S/C25H22N2S3/c1-6-28-19-8-7-15(9-18(19)25(3,4)5)23-22-17-10-16-14(2)12-29-20(16)11-21(17)30-24(22)27-13-26-23/h6-13H,1H2,2-5H3. The highest BCUT2D eigenvalue weighted by molar-refractivity contribution is 8.02. The second-order valence-electron chi connectivity index (χ2n) is 8.51. The molecular weight excluding hydrogens is 424 g/mol. The first-order valence-corrected chi connectivity index (χ1v) is 12.4. The smallest absolute Gasteiger partial charge is 0.128 e. The molecule has 0 aliphatic carbocycles. The molecule has 0 fully saturated rings. The summed E-state index contributed by atoms with van der Waals surface area (Å²) in [6, 6.07) is 11.3. The van der Waals surface area contributed by atoms with Crippen LogP contribution < -0.4 is 0 Å². The van der Waals surface area contributed by atoms with Gasteiger partial charge in [-0.2, -0.15) is 0 Å². The van der Waals surface area contributed by atoms with Crippen LogP contribution in [0.15, 0.2) is 58.9 Å². The highest BCUT2D eigenvalue weighted by Crippen LogP contribution is 2.42. The third-order valence-electron chi connectivity index (χ3n) is 5.43.